The van der Waals surface area contributed by atoms with Crippen molar-refractivity contribution < 1.29 is 4.79 Å². The molecule has 0 aliphatic carbocycles. The molecule has 134 valence electrons. The summed E-state index contributed by atoms with van der Waals surface area (Å²) in [5.74, 6) is 0. The van der Waals surface area contributed by atoms with Gasteiger partial charge in [0.25, 0.3) is 0 Å². The van der Waals surface area contributed by atoms with E-state index in [4.69, 9.17) is 0 Å². The Bertz CT molecular complexity index is 915. The van der Waals surface area contributed by atoms with E-state index in [2.05, 4.69) is 41.5 Å². The first-order valence-electron chi connectivity index (χ1n) is 8.67. The van der Waals surface area contributed by atoms with Gasteiger partial charge in [0.15, 0.2) is 5.13 Å². The van der Waals surface area contributed by atoms with Crippen molar-refractivity contribution >= 4 is 28.2 Å². The van der Waals surface area contributed by atoms with Gasteiger partial charge in [-0.25, -0.2) is 9.78 Å². The summed E-state index contributed by atoms with van der Waals surface area (Å²) >= 11 is 1.48. The molecule has 3 aromatic rings. The van der Waals surface area contributed by atoms with E-state index in [0.717, 1.165) is 28.1 Å². The molecular formula is C21H23N3OS. The fraction of sp³-hybridized carbons (Fsp3) is 0.238. The first-order valence-corrected chi connectivity index (χ1v) is 9.55. The zero-order valence-electron chi connectivity index (χ0n) is 15.5. The van der Waals surface area contributed by atoms with Crippen LogP contribution in [0.5, 0.6) is 0 Å². The summed E-state index contributed by atoms with van der Waals surface area (Å²) in [6.07, 6.45) is 0. The van der Waals surface area contributed by atoms with Crippen LogP contribution in [0.3, 0.4) is 0 Å². The number of aromatic nitrogens is 1. The molecule has 0 saturated heterocycles. The second-order valence-corrected chi connectivity index (χ2v) is 7.14. The lowest BCUT2D eigenvalue weighted by Gasteiger charge is -2.19. The quantitative estimate of drug-likeness (QED) is 0.635. The zero-order chi connectivity index (χ0) is 18.7. The van der Waals surface area contributed by atoms with Gasteiger partial charge in [-0.05, 0) is 44.9 Å². The van der Waals surface area contributed by atoms with Gasteiger partial charge in [0.1, 0.15) is 0 Å². The molecule has 0 spiro atoms. The van der Waals surface area contributed by atoms with Crippen LogP contribution in [0.2, 0.25) is 0 Å². The third-order valence-corrected chi connectivity index (χ3v) is 5.34. The molecule has 1 heterocycles. The number of carbonyl (C=O) groups excluding carboxylic acids is 1. The fourth-order valence-electron chi connectivity index (χ4n) is 2.68. The highest BCUT2D eigenvalue weighted by molar-refractivity contribution is 7.14. The molecule has 0 atom stereocenters. The minimum absolute atomic E-state index is 0.161. The largest absolute Gasteiger partial charge is 0.328 e. The van der Waals surface area contributed by atoms with Gasteiger partial charge < -0.3 is 5.32 Å². The van der Waals surface area contributed by atoms with Gasteiger partial charge in [0.2, 0.25) is 0 Å². The number of rotatable bonds is 4. The molecule has 3 rings (SSSR count). The predicted octanol–water partition coefficient (Wildman–Crippen LogP) is 5.79. The smallest absolute Gasteiger partial charge is 0.307 e. The third kappa shape index (κ3) is 3.78. The normalized spacial score (nSPS) is 10.6. The molecule has 2 aromatic carbocycles. The van der Waals surface area contributed by atoms with Crippen LogP contribution in [0.4, 0.5) is 15.6 Å². The van der Waals surface area contributed by atoms with Crippen LogP contribution in [0.1, 0.15) is 23.6 Å². The highest BCUT2D eigenvalue weighted by Gasteiger charge is 2.18. The first kappa shape index (κ1) is 18.1. The molecule has 0 unspecified atom stereocenters. The number of benzene rings is 2. The Labute approximate surface area is 158 Å². The number of nitrogens with zero attached hydrogens (tertiary/aromatic N) is 2. The van der Waals surface area contributed by atoms with Crippen molar-refractivity contribution in [2.45, 2.75) is 27.7 Å². The van der Waals surface area contributed by atoms with Gasteiger partial charge in [-0.1, -0.05) is 42.0 Å². The summed E-state index contributed by atoms with van der Waals surface area (Å²) in [5.41, 5.74) is 6.24. The predicted molar refractivity (Wildman–Crippen MR) is 110 cm³/mol. The topological polar surface area (TPSA) is 45.2 Å². The van der Waals surface area contributed by atoms with Crippen LogP contribution in [-0.2, 0) is 0 Å². The van der Waals surface area contributed by atoms with Crippen LogP contribution in [0, 0.1) is 20.8 Å². The Morgan fingerprint density at radius 3 is 2.54 bits per heavy atom. The molecule has 0 radical (unpaired) electrons. The summed E-state index contributed by atoms with van der Waals surface area (Å²) < 4.78 is 0. The Morgan fingerprint density at radius 2 is 1.85 bits per heavy atom. The number of hydrogen-bond acceptors (Lipinski definition) is 3. The molecule has 2 amide bonds. The van der Waals surface area contributed by atoms with E-state index in [0.29, 0.717) is 11.7 Å². The maximum absolute atomic E-state index is 12.8. The van der Waals surface area contributed by atoms with Crippen LogP contribution in [0.15, 0.2) is 47.8 Å². The van der Waals surface area contributed by atoms with E-state index >= 15 is 0 Å². The SMILES string of the molecule is CCN(C(=O)Nc1cccc(C)c1C)c1nc(-c2ccc(C)cc2)cs1. The van der Waals surface area contributed by atoms with Gasteiger partial charge in [0, 0.05) is 23.2 Å². The summed E-state index contributed by atoms with van der Waals surface area (Å²) in [5, 5.41) is 5.70. The molecular weight excluding hydrogens is 342 g/mol. The van der Waals surface area contributed by atoms with Crippen molar-refractivity contribution in [3.63, 3.8) is 0 Å². The van der Waals surface area contributed by atoms with Crippen LogP contribution in [0.25, 0.3) is 11.3 Å². The number of aryl methyl sites for hydroxylation is 2. The summed E-state index contributed by atoms with van der Waals surface area (Å²) in [6.45, 7) is 8.62. The number of amides is 2. The van der Waals surface area contributed by atoms with E-state index in [9.17, 15) is 4.79 Å². The van der Waals surface area contributed by atoms with Crippen LogP contribution >= 0.6 is 11.3 Å². The van der Waals surface area contributed by atoms with Crippen molar-refractivity contribution in [1.82, 2.24) is 4.98 Å². The van der Waals surface area contributed by atoms with E-state index in [1.165, 1.54) is 16.9 Å². The number of hydrogen-bond donors (Lipinski definition) is 1. The van der Waals surface area contributed by atoms with Crippen molar-refractivity contribution in [3.05, 3.63) is 64.5 Å². The molecule has 26 heavy (non-hydrogen) atoms. The average Bonchev–Trinajstić information content (AvgIpc) is 3.10. The van der Waals surface area contributed by atoms with E-state index in [1.54, 1.807) is 4.90 Å². The standard InChI is InChI=1S/C21H23N3OS/c1-5-24(20(25)22-18-8-6-7-15(3)16(18)4)21-23-19(13-26-21)17-11-9-14(2)10-12-17/h6-13H,5H2,1-4H3,(H,22,25). The number of thiazole rings is 1. The molecule has 0 saturated carbocycles. The lowest BCUT2D eigenvalue weighted by Crippen LogP contribution is -2.34. The van der Waals surface area contributed by atoms with Gasteiger partial charge in [0.05, 0.1) is 5.69 Å². The number of urea groups is 1. The average molecular weight is 366 g/mol. The molecule has 5 heteroatoms. The summed E-state index contributed by atoms with van der Waals surface area (Å²) in [6, 6.07) is 14.0. The Hall–Kier alpha value is -2.66. The second kappa shape index (κ2) is 7.70. The van der Waals surface area contributed by atoms with Gasteiger partial charge >= 0.3 is 6.03 Å². The zero-order valence-corrected chi connectivity index (χ0v) is 16.4. The monoisotopic (exact) mass is 365 g/mol. The highest BCUT2D eigenvalue weighted by Crippen LogP contribution is 2.28. The molecule has 4 nitrogen and oxygen atoms in total. The summed E-state index contributed by atoms with van der Waals surface area (Å²) in [7, 11) is 0. The van der Waals surface area contributed by atoms with Gasteiger partial charge in [-0.3, -0.25) is 4.90 Å². The van der Waals surface area contributed by atoms with Gasteiger partial charge in [-0.2, -0.15) is 0 Å². The maximum Gasteiger partial charge on any atom is 0.328 e. The Morgan fingerprint density at radius 1 is 1.12 bits per heavy atom. The number of nitrogens with one attached hydrogen (secondary N) is 1. The highest BCUT2D eigenvalue weighted by atomic mass is 32.1. The van der Waals surface area contributed by atoms with Crippen LogP contribution < -0.4 is 10.2 Å². The van der Waals surface area contributed by atoms with E-state index in [1.807, 2.05) is 44.4 Å². The number of carbonyl (C=O) groups is 1. The second-order valence-electron chi connectivity index (χ2n) is 6.30. The molecule has 0 aliphatic rings. The maximum atomic E-state index is 12.8. The fourth-order valence-corrected chi connectivity index (χ4v) is 3.58. The van der Waals surface area contributed by atoms with E-state index in [-0.39, 0.29) is 6.03 Å². The van der Waals surface area contributed by atoms with Crippen molar-refractivity contribution in [3.8, 4) is 11.3 Å². The molecule has 1 N–H and O–H groups in total. The van der Waals surface area contributed by atoms with Crippen molar-refractivity contribution in [1.29, 1.82) is 0 Å². The molecule has 1 aromatic heterocycles. The minimum atomic E-state index is -0.161. The number of anilines is 2. The molecule has 0 bridgehead atoms. The van der Waals surface area contributed by atoms with Crippen molar-refractivity contribution in [2.75, 3.05) is 16.8 Å². The molecule has 0 fully saturated rings. The first-order chi connectivity index (χ1) is 12.5. The van der Waals surface area contributed by atoms with Crippen LogP contribution in [-0.4, -0.2) is 17.6 Å². The Kier molecular flexibility index (Phi) is 5.38. The Balaban J connectivity index is 1.81. The lowest BCUT2D eigenvalue weighted by molar-refractivity contribution is 0.257. The minimum Gasteiger partial charge on any atom is -0.307 e. The lowest BCUT2D eigenvalue weighted by atomic mass is 10.1. The van der Waals surface area contributed by atoms with Crippen molar-refractivity contribution in [2.24, 2.45) is 0 Å². The van der Waals surface area contributed by atoms with Gasteiger partial charge in [-0.15, -0.1) is 11.3 Å². The summed E-state index contributed by atoms with van der Waals surface area (Å²) in [4.78, 5) is 19.1. The molecule has 0 aliphatic heterocycles. The van der Waals surface area contributed by atoms with E-state index < -0.39 is 0 Å². The third-order valence-electron chi connectivity index (χ3n) is 4.48.